The Hall–Kier alpha value is -1.59. The highest BCUT2D eigenvalue weighted by Crippen LogP contribution is 2.39. The van der Waals surface area contributed by atoms with Crippen LogP contribution in [0.1, 0.15) is 61.5 Å². The number of fused-ring (bicyclic) bond motifs is 1. The maximum absolute atomic E-state index is 8.98. The van der Waals surface area contributed by atoms with Gasteiger partial charge in [-0.25, -0.2) is 9.97 Å². The fourth-order valence-corrected chi connectivity index (χ4v) is 4.92. The van der Waals surface area contributed by atoms with Gasteiger partial charge in [0.05, 0.1) is 10.6 Å². The summed E-state index contributed by atoms with van der Waals surface area (Å²) in [6.07, 6.45) is 9.07. The van der Waals surface area contributed by atoms with E-state index in [0.717, 1.165) is 42.3 Å². The van der Waals surface area contributed by atoms with Gasteiger partial charge >= 0.3 is 0 Å². The summed E-state index contributed by atoms with van der Waals surface area (Å²) >= 11 is 1.88. The number of nitrogens with one attached hydrogen (secondary N) is 1. The van der Waals surface area contributed by atoms with E-state index in [1.165, 1.54) is 48.3 Å². The molecular formula is C21H27N3OS. The van der Waals surface area contributed by atoms with Crippen molar-refractivity contribution in [3.05, 3.63) is 41.3 Å². The van der Waals surface area contributed by atoms with E-state index >= 15 is 0 Å². The summed E-state index contributed by atoms with van der Waals surface area (Å²) in [5.74, 6) is 3.72. The van der Waals surface area contributed by atoms with Crippen molar-refractivity contribution in [3.8, 4) is 0 Å². The van der Waals surface area contributed by atoms with Crippen molar-refractivity contribution >= 4 is 23.3 Å². The number of benzene rings is 1. The fraction of sp³-hybridized carbons (Fsp3) is 0.524. The smallest absolute Gasteiger partial charge is 0.148 e. The zero-order chi connectivity index (χ0) is 17.8. The van der Waals surface area contributed by atoms with Crippen LogP contribution in [0.4, 0.5) is 11.5 Å². The second-order valence-corrected chi connectivity index (χ2v) is 8.39. The maximum atomic E-state index is 8.98. The number of aliphatic hydroxyl groups is 1. The topological polar surface area (TPSA) is 58.0 Å². The van der Waals surface area contributed by atoms with Gasteiger partial charge in [-0.3, -0.25) is 0 Å². The number of thioether (sulfide) groups is 1. The molecule has 2 aromatic rings. The van der Waals surface area contributed by atoms with E-state index in [9.17, 15) is 0 Å². The predicted molar refractivity (Wildman–Crippen MR) is 107 cm³/mol. The molecule has 1 aromatic carbocycles. The summed E-state index contributed by atoms with van der Waals surface area (Å²) in [5, 5.41) is 12.5. The molecule has 138 valence electrons. The van der Waals surface area contributed by atoms with Crippen molar-refractivity contribution < 1.29 is 5.11 Å². The van der Waals surface area contributed by atoms with Crippen molar-refractivity contribution in [2.24, 2.45) is 0 Å². The molecule has 0 bridgehead atoms. The summed E-state index contributed by atoms with van der Waals surface area (Å²) in [4.78, 5) is 11.1. The molecule has 0 unspecified atom stereocenters. The van der Waals surface area contributed by atoms with E-state index in [1.807, 2.05) is 11.8 Å². The standard InChI is InChI=1S/C21H27N3OS/c25-13-3-5-15-9-11-17(12-10-15)22-21-19-18(8-4-14-26-19)23-20(24-21)16-6-1-2-7-16/h9-12,16,25H,1-8,13-14H2,(H,22,23,24). The monoisotopic (exact) mass is 369 g/mol. The largest absolute Gasteiger partial charge is 0.396 e. The average molecular weight is 370 g/mol. The summed E-state index contributed by atoms with van der Waals surface area (Å²) in [7, 11) is 0. The Bertz CT molecular complexity index is 742. The Balaban J connectivity index is 1.59. The Morgan fingerprint density at radius 2 is 1.88 bits per heavy atom. The number of aryl methyl sites for hydroxylation is 2. The normalized spacial score (nSPS) is 17.3. The third-order valence-corrected chi connectivity index (χ3v) is 6.53. The first-order valence-corrected chi connectivity index (χ1v) is 10.8. The summed E-state index contributed by atoms with van der Waals surface area (Å²) < 4.78 is 0. The Morgan fingerprint density at radius 1 is 1.08 bits per heavy atom. The molecule has 1 saturated carbocycles. The van der Waals surface area contributed by atoms with Crippen LogP contribution in [0.15, 0.2) is 29.2 Å². The van der Waals surface area contributed by atoms with Crippen LogP contribution in [0, 0.1) is 0 Å². The van der Waals surface area contributed by atoms with Crippen LogP contribution in [0.2, 0.25) is 0 Å². The molecule has 0 spiro atoms. The lowest BCUT2D eigenvalue weighted by atomic mass is 10.1. The molecule has 1 fully saturated rings. The molecule has 1 aromatic heterocycles. The molecule has 0 radical (unpaired) electrons. The van der Waals surface area contributed by atoms with E-state index in [0.29, 0.717) is 5.92 Å². The molecule has 0 amide bonds. The lowest BCUT2D eigenvalue weighted by Gasteiger charge is -2.21. The first-order valence-electron chi connectivity index (χ1n) is 9.84. The van der Waals surface area contributed by atoms with Gasteiger partial charge in [-0.15, -0.1) is 11.8 Å². The fourth-order valence-electron chi connectivity index (χ4n) is 3.88. The van der Waals surface area contributed by atoms with E-state index in [2.05, 4.69) is 29.6 Å². The second kappa shape index (κ2) is 8.40. The van der Waals surface area contributed by atoms with Gasteiger partial charge in [0.1, 0.15) is 11.6 Å². The minimum absolute atomic E-state index is 0.244. The van der Waals surface area contributed by atoms with Gasteiger partial charge in [0, 0.05) is 18.2 Å². The molecule has 4 nitrogen and oxygen atoms in total. The van der Waals surface area contributed by atoms with Crippen LogP contribution in [0.5, 0.6) is 0 Å². The van der Waals surface area contributed by atoms with Gasteiger partial charge in [-0.1, -0.05) is 25.0 Å². The molecule has 0 saturated heterocycles. The predicted octanol–water partition coefficient (Wildman–Crippen LogP) is 4.84. The highest BCUT2D eigenvalue weighted by Gasteiger charge is 2.24. The third-order valence-electron chi connectivity index (χ3n) is 5.32. The van der Waals surface area contributed by atoms with E-state index in [1.54, 1.807) is 0 Å². The van der Waals surface area contributed by atoms with Gasteiger partial charge < -0.3 is 10.4 Å². The number of nitrogens with zero attached hydrogens (tertiary/aromatic N) is 2. The van der Waals surface area contributed by atoms with Crippen molar-refractivity contribution in [1.82, 2.24) is 9.97 Å². The molecule has 1 aliphatic carbocycles. The van der Waals surface area contributed by atoms with E-state index < -0.39 is 0 Å². The highest BCUT2D eigenvalue weighted by molar-refractivity contribution is 7.99. The lowest BCUT2D eigenvalue weighted by Crippen LogP contribution is -2.12. The Morgan fingerprint density at radius 3 is 2.65 bits per heavy atom. The molecule has 4 rings (SSSR count). The van der Waals surface area contributed by atoms with Crippen LogP contribution >= 0.6 is 11.8 Å². The Kier molecular flexibility index (Phi) is 5.75. The molecular weight excluding hydrogens is 342 g/mol. The first-order chi connectivity index (χ1) is 12.8. The van der Waals surface area contributed by atoms with Crippen LogP contribution < -0.4 is 5.32 Å². The lowest BCUT2D eigenvalue weighted by molar-refractivity contribution is 0.288. The molecule has 2 N–H and O–H groups in total. The summed E-state index contributed by atoms with van der Waals surface area (Å²) in [6.45, 7) is 0.244. The van der Waals surface area contributed by atoms with Gasteiger partial charge in [-0.2, -0.15) is 0 Å². The summed E-state index contributed by atoms with van der Waals surface area (Å²) in [6, 6.07) is 8.50. The number of anilines is 2. The average Bonchev–Trinajstić information content (AvgIpc) is 3.22. The molecule has 2 heterocycles. The SMILES string of the molecule is OCCCc1ccc(Nc2nc(C3CCCC3)nc3c2SCCC3)cc1. The molecule has 5 heteroatoms. The number of aliphatic hydroxyl groups excluding tert-OH is 1. The van der Waals surface area contributed by atoms with Crippen molar-refractivity contribution in [2.75, 3.05) is 17.7 Å². The molecule has 1 aliphatic heterocycles. The van der Waals surface area contributed by atoms with Crippen LogP contribution in [-0.2, 0) is 12.8 Å². The first kappa shape index (κ1) is 17.8. The number of hydrogen-bond acceptors (Lipinski definition) is 5. The number of rotatable bonds is 6. The third kappa shape index (κ3) is 4.04. The highest BCUT2D eigenvalue weighted by atomic mass is 32.2. The van der Waals surface area contributed by atoms with Crippen molar-refractivity contribution in [3.63, 3.8) is 0 Å². The van der Waals surface area contributed by atoms with Gasteiger partial charge in [-0.05, 0) is 62.0 Å². The molecule has 0 atom stereocenters. The zero-order valence-corrected chi connectivity index (χ0v) is 16.0. The molecule has 26 heavy (non-hydrogen) atoms. The number of hydrogen-bond donors (Lipinski definition) is 2. The number of aromatic nitrogens is 2. The quantitative estimate of drug-likeness (QED) is 0.763. The van der Waals surface area contributed by atoms with E-state index in [-0.39, 0.29) is 6.61 Å². The zero-order valence-electron chi connectivity index (χ0n) is 15.2. The van der Waals surface area contributed by atoms with Crippen LogP contribution in [0.3, 0.4) is 0 Å². The minimum Gasteiger partial charge on any atom is -0.396 e. The van der Waals surface area contributed by atoms with Crippen molar-refractivity contribution in [1.29, 1.82) is 0 Å². The van der Waals surface area contributed by atoms with Crippen molar-refractivity contribution in [2.45, 2.75) is 62.2 Å². The van der Waals surface area contributed by atoms with Gasteiger partial charge in [0.25, 0.3) is 0 Å². The van der Waals surface area contributed by atoms with Gasteiger partial charge in [0.15, 0.2) is 0 Å². The van der Waals surface area contributed by atoms with E-state index in [4.69, 9.17) is 15.1 Å². The Labute approximate surface area is 159 Å². The van der Waals surface area contributed by atoms with Gasteiger partial charge in [0.2, 0.25) is 0 Å². The van der Waals surface area contributed by atoms with Crippen LogP contribution in [0.25, 0.3) is 0 Å². The molecule has 2 aliphatic rings. The maximum Gasteiger partial charge on any atom is 0.148 e. The minimum atomic E-state index is 0.244. The summed E-state index contributed by atoms with van der Waals surface area (Å²) in [5.41, 5.74) is 3.57. The van der Waals surface area contributed by atoms with Crippen LogP contribution in [-0.4, -0.2) is 27.4 Å². The second-order valence-electron chi connectivity index (χ2n) is 7.29.